The first-order chi connectivity index (χ1) is 8.65. The van der Waals surface area contributed by atoms with E-state index in [1.165, 1.54) is 11.3 Å². The van der Waals surface area contributed by atoms with Gasteiger partial charge in [-0.15, -0.1) is 23.7 Å². The number of thiophene rings is 1. The van der Waals surface area contributed by atoms with E-state index in [1.54, 1.807) is 12.3 Å². The number of carbonyl (C=O) groups is 1. The molecule has 1 heterocycles. The van der Waals surface area contributed by atoms with Crippen LogP contribution in [-0.4, -0.2) is 18.7 Å². The minimum Gasteiger partial charge on any atom is -0.464 e. The van der Waals surface area contributed by atoms with E-state index in [-0.39, 0.29) is 19.0 Å². The number of benzene rings is 1. The molecule has 19 heavy (non-hydrogen) atoms. The molecule has 0 fully saturated rings. The Labute approximate surface area is 121 Å². The third-order valence-electron chi connectivity index (χ3n) is 2.70. The Hall–Kier alpha value is -1.17. The lowest BCUT2D eigenvalue weighted by atomic mass is 10.0. The van der Waals surface area contributed by atoms with E-state index in [0.717, 1.165) is 10.1 Å². The average Bonchev–Trinajstić information content (AvgIpc) is 2.81. The first-order valence-corrected chi connectivity index (χ1v) is 6.55. The Kier molecular flexibility index (Phi) is 5.72. The zero-order valence-electron chi connectivity index (χ0n) is 10.3. The summed E-state index contributed by atoms with van der Waals surface area (Å²) in [6.07, 6.45) is -1.83. The summed E-state index contributed by atoms with van der Waals surface area (Å²) in [6.45, 7) is 1.78. The van der Waals surface area contributed by atoms with Crippen LogP contribution in [0.25, 0.3) is 10.1 Å². The fourth-order valence-corrected chi connectivity index (χ4v) is 2.79. The van der Waals surface area contributed by atoms with Crippen LogP contribution >= 0.6 is 23.7 Å². The van der Waals surface area contributed by atoms with E-state index in [0.29, 0.717) is 5.56 Å². The third kappa shape index (κ3) is 3.23. The summed E-state index contributed by atoms with van der Waals surface area (Å²) in [5.74, 6) is -0.903. The monoisotopic (exact) mass is 303 g/mol. The first-order valence-electron chi connectivity index (χ1n) is 5.67. The van der Waals surface area contributed by atoms with E-state index >= 15 is 0 Å². The zero-order chi connectivity index (χ0) is 13.1. The van der Waals surface area contributed by atoms with Gasteiger partial charge in [0.1, 0.15) is 0 Å². The van der Waals surface area contributed by atoms with Gasteiger partial charge < -0.3 is 10.5 Å². The molecule has 0 saturated heterocycles. The summed E-state index contributed by atoms with van der Waals surface area (Å²) >= 11 is 1.49. The average molecular weight is 304 g/mol. The van der Waals surface area contributed by atoms with Crippen molar-refractivity contribution in [3.63, 3.8) is 0 Å². The molecule has 0 amide bonds. The maximum absolute atomic E-state index is 13.9. The molecule has 1 unspecified atom stereocenters. The van der Waals surface area contributed by atoms with Gasteiger partial charge in [0.25, 0.3) is 0 Å². The molecule has 1 aromatic carbocycles. The zero-order valence-corrected chi connectivity index (χ0v) is 12.0. The number of fused-ring (bicyclic) bond motifs is 1. The van der Waals surface area contributed by atoms with Crippen molar-refractivity contribution < 1.29 is 13.9 Å². The molecule has 2 atom stereocenters. The van der Waals surface area contributed by atoms with Crippen molar-refractivity contribution in [1.29, 1.82) is 0 Å². The highest BCUT2D eigenvalue weighted by Gasteiger charge is 2.29. The van der Waals surface area contributed by atoms with Crippen LogP contribution in [0.1, 0.15) is 18.5 Å². The summed E-state index contributed by atoms with van der Waals surface area (Å²) < 4.78 is 19.5. The topological polar surface area (TPSA) is 52.3 Å². The van der Waals surface area contributed by atoms with Gasteiger partial charge in [-0.1, -0.05) is 18.2 Å². The number of esters is 1. The highest BCUT2D eigenvalue weighted by atomic mass is 35.5. The van der Waals surface area contributed by atoms with Gasteiger partial charge in [-0.3, -0.25) is 0 Å². The fourth-order valence-electron chi connectivity index (χ4n) is 1.78. The van der Waals surface area contributed by atoms with E-state index in [4.69, 9.17) is 5.73 Å². The van der Waals surface area contributed by atoms with Crippen LogP contribution in [0.4, 0.5) is 4.39 Å². The van der Waals surface area contributed by atoms with Crippen LogP contribution in [0, 0.1) is 0 Å². The standard InChI is InChI=1S/C13H14FNO2S.ClH/c1-2-17-13(16)11(14)12(15)9-7-18-10-6-4-3-5-8(9)10;/h3-7,11-12H,2,15H2,1H3;1H/t11?,12-;/m1./s1. The molecule has 3 nitrogen and oxygen atoms in total. The van der Waals surface area contributed by atoms with Crippen molar-refractivity contribution in [3.05, 3.63) is 35.2 Å². The predicted molar refractivity (Wildman–Crippen MR) is 77.5 cm³/mol. The Morgan fingerprint density at radius 1 is 1.47 bits per heavy atom. The van der Waals surface area contributed by atoms with Crippen molar-refractivity contribution in [2.24, 2.45) is 5.73 Å². The molecule has 6 heteroatoms. The normalized spacial score (nSPS) is 13.6. The van der Waals surface area contributed by atoms with Crippen LogP contribution in [0.5, 0.6) is 0 Å². The van der Waals surface area contributed by atoms with Crippen LogP contribution in [0.15, 0.2) is 29.6 Å². The molecule has 0 saturated carbocycles. The molecule has 2 rings (SSSR count). The molecule has 0 aliphatic rings. The summed E-state index contributed by atoms with van der Waals surface area (Å²) in [6, 6.07) is 6.60. The van der Waals surface area contributed by atoms with Gasteiger partial charge in [-0.2, -0.15) is 0 Å². The van der Waals surface area contributed by atoms with Crippen molar-refractivity contribution in [2.75, 3.05) is 6.61 Å². The smallest absolute Gasteiger partial charge is 0.342 e. The van der Waals surface area contributed by atoms with E-state index < -0.39 is 18.2 Å². The number of halogens is 2. The third-order valence-corrected chi connectivity index (χ3v) is 3.68. The molecule has 104 valence electrons. The molecule has 0 aliphatic carbocycles. The second-order valence-corrected chi connectivity index (χ2v) is 4.78. The molecule has 0 bridgehead atoms. The van der Waals surface area contributed by atoms with Gasteiger partial charge >= 0.3 is 5.97 Å². The van der Waals surface area contributed by atoms with Gasteiger partial charge in [-0.05, 0) is 29.3 Å². The Morgan fingerprint density at radius 2 is 2.16 bits per heavy atom. The second kappa shape index (κ2) is 6.84. The summed E-state index contributed by atoms with van der Waals surface area (Å²) in [7, 11) is 0. The molecule has 0 aliphatic heterocycles. The maximum Gasteiger partial charge on any atom is 0.342 e. The minimum absolute atomic E-state index is 0. The summed E-state index contributed by atoms with van der Waals surface area (Å²) in [4.78, 5) is 11.3. The summed E-state index contributed by atoms with van der Waals surface area (Å²) in [5.41, 5.74) is 6.46. The van der Waals surface area contributed by atoms with Crippen molar-refractivity contribution >= 4 is 39.8 Å². The van der Waals surface area contributed by atoms with Crippen LogP contribution in [-0.2, 0) is 9.53 Å². The number of rotatable bonds is 4. The number of carbonyl (C=O) groups excluding carboxylic acids is 1. The van der Waals surface area contributed by atoms with Gasteiger partial charge in [0.15, 0.2) is 0 Å². The van der Waals surface area contributed by atoms with Gasteiger partial charge in [0, 0.05) is 4.70 Å². The number of hydrogen-bond donors (Lipinski definition) is 1. The molecule has 0 radical (unpaired) electrons. The lowest BCUT2D eigenvalue weighted by molar-refractivity contribution is -0.149. The molecule has 2 aromatic rings. The molecular weight excluding hydrogens is 289 g/mol. The van der Waals surface area contributed by atoms with Crippen LogP contribution < -0.4 is 5.73 Å². The Bertz CT molecular complexity index is 560. The number of hydrogen-bond acceptors (Lipinski definition) is 4. The quantitative estimate of drug-likeness (QED) is 0.882. The number of nitrogens with two attached hydrogens (primary N) is 1. The van der Waals surface area contributed by atoms with Gasteiger partial charge in [0.05, 0.1) is 12.6 Å². The van der Waals surface area contributed by atoms with Crippen molar-refractivity contribution in [1.82, 2.24) is 0 Å². The maximum atomic E-state index is 13.9. The van der Waals surface area contributed by atoms with E-state index in [1.807, 2.05) is 24.3 Å². The Balaban J connectivity index is 0.00000180. The number of ether oxygens (including phenoxy) is 1. The lowest BCUT2D eigenvalue weighted by Crippen LogP contribution is -2.31. The van der Waals surface area contributed by atoms with Crippen molar-refractivity contribution in [2.45, 2.75) is 19.1 Å². The molecule has 0 spiro atoms. The Morgan fingerprint density at radius 3 is 2.84 bits per heavy atom. The highest BCUT2D eigenvalue weighted by Crippen LogP contribution is 2.31. The van der Waals surface area contributed by atoms with Gasteiger partial charge in [0.2, 0.25) is 6.17 Å². The minimum atomic E-state index is -1.83. The molecule has 2 N–H and O–H groups in total. The molecular formula is C13H15ClFNO2S. The predicted octanol–water partition coefficient (Wildman–Crippen LogP) is 3.22. The fraction of sp³-hybridized carbons (Fsp3) is 0.308. The summed E-state index contributed by atoms with van der Waals surface area (Å²) in [5, 5.41) is 2.68. The number of alkyl halides is 1. The van der Waals surface area contributed by atoms with Crippen LogP contribution in [0.3, 0.4) is 0 Å². The van der Waals surface area contributed by atoms with E-state index in [2.05, 4.69) is 4.74 Å². The SMILES string of the molecule is CCOC(=O)C(F)[C@H](N)c1csc2ccccc12.Cl. The van der Waals surface area contributed by atoms with Gasteiger partial charge in [-0.25, -0.2) is 9.18 Å². The first kappa shape index (κ1) is 15.9. The largest absolute Gasteiger partial charge is 0.464 e. The lowest BCUT2D eigenvalue weighted by Gasteiger charge is -2.15. The van der Waals surface area contributed by atoms with Crippen molar-refractivity contribution in [3.8, 4) is 0 Å². The molecule has 1 aromatic heterocycles. The highest BCUT2D eigenvalue weighted by molar-refractivity contribution is 7.17. The second-order valence-electron chi connectivity index (χ2n) is 3.87. The van der Waals surface area contributed by atoms with E-state index in [9.17, 15) is 9.18 Å². The van der Waals surface area contributed by atoms with Crippen LogP contribution in [0.2, 0.25) is 0 Å².